The second-order valence-corrected chi connectivity index (χ2v) is 6.68. The van der Waals surface area contributed by atoms with Crippen molar-refractivity contribution < 1.29 is 5.11 Å². The first kappa shape index (κ1) is 16.5. The summed E-state index contributed by atoms with van der Waals surface area (Å²) in [7, 11) is 0. The van der Waals surface area contributed by atoms with Crippen LogP contribution in [0, 0.1) is 5.41 Å². The predicted octanol–water partition coefficient (Wildman–Crippen LogP) is 3.42. The fourth-order valence-corrected chi connectivity index (χ4v) is 3.31. The zero-order chi connectivity index (χ0) is 15.1. The van der Waals surface area contributed by atoms with Crippen LogP contribution >= 0.6 is 15.9 Å². The van der Waals surface area contributed by atoms with Crippen molar-refractivity contribution in [2.45, 2.75) is 45.4 Å². The van der Waals surface area contributed by atoms with E-state index < -0.39 is 0 Å². The van der Waals surface area contributed by atoms with Gasteiger partial charge in [0.15, 0.2) is 0 Å². The van der Waals surface area contributed by atoms with Gasteiger partial charge in [-0.15, -0.1) is 0 Å². The van der Waals surface area contributed by atoms with Crippen molar-refractivity contribution >= 4 is 27.6 Å². The number of anilines is 2. The number of aliphatic hydroxyl groups excluding tert-OH is 1. The Morgan fingerprint density at radius 2 is 1.86 bits per heavy atom. The number of aliphatic hydroxyl groups is 1. The summed E-state index contributed by atoms with van der Waals surface area (Å²) in [6.07, 6.45) is 8.47. The minimum absolute atomic E-state index is 0.000347. The Morgan fingerprint density at radius 1 is 1.19 bits per heavy atom. The number of rotatable bonds is 7. The van der Waals surface area contributed by atoms with Gasteiger partial charge in [0.05, 0.1) is 6.61 Å². The number of aromatic nitrogens is 2. The van der Waals surface area contributed by atoms with Gasteiger partial charge in [0.1, 0.15) is 22.4 Å². The molecule has 1 aliphatic carbocycles. The smallest absolute Gasteiger partial charge is 0.145 e. The van der Waals surface area contributed by atoms with E-state index >= 15 is 0 Å². The van der Waals surface area contributed by atoms with E-state index in [2.05, 4.69) is 43.5 Å². The summed E-state index contributed by atoms with van der Waals surface area (Å²) in [5, 5.41) is 16.4. The third kappa shape index (κ3) is 4.30. The van der Waals surface area contributed by atoms with Gasteiger partial charge in [0, 0.05) is 18.5 Å². The molecule has 1 aliphatic rings. The van der Waals surface area contributed by atoms with Crippen LogP contribution in [0.15, 0.2) is 10.8 Å². The van der Waals surface area contributed by atoms with Gasteiger partial charge >= 0.3 is 0 Å². The van der Waals surface area contributed by atoms with Crippen molar-refractivity contribution in [3.63, 3.8) is 0 Å². The minimum atomic E-state index is -0.000347. The van der Waals surface area contributed by atoms with Gasteiger partial charge in [0.2, 0.25) is 0 Å². The van der Waals surface area contributed by atoms with Crippen LogP contribution in [0.5, 0.6) is 0 Å². The third-order valence-electron chi connectivity index (χ3n) is 4.21. The average molecular weight is 357 g/mol. The van der Waals surface area contributed by atoms with E-state index in [1.54, 1.807) is 6.33 Å². The number of nitrogens with one attached hydrogen (secondary N) is 2. The van der Waals surface area contributed by atoms with Crippen LogP contribution in [0.4, 0.5) is 11.6 Å². The molecule has 0 spiro atoms. The van der Waals surface area contributed by atoms with Crippen molar-refractivity contribution in [2.75, 3.05) is 30.3 Å². The van der Waals surface area contributed by atoms with E-state index in [1.807, 2.05) is 0 Å². The highest BCUT2D eigenvalue weighted by Crippen LogP contribution is 2.36. The molecule has 5 nitrogen and oxygen atoms in total. The molecule has 2 rings (SSSR count). The van der Waals surface area contributed by atoms with E-state index in [0.29, 0.717) is 0 Å². The molecule has 0 amide bonds. The topological polar surface area (TPSA) is 70.1 Å². The molecule has 0 atom stereocenters. The van der Waals surface area contributed by atoms with E-state index in [4.69, 9.17) is 0 Å². The first-order chi connectivity index (χ1) is 10.2. The summed E-state index contributed by atoms with van der Waals surface area (Å²) in [5.41, 5.74) is -0.000347. The summed E-state index contributed by atoms with van der Waals surface area (Å²) in [6.45, 7) is 4.00. The number of hydrogen-bond acceptors (Lipinski definition) is 5. The second-order valence-electron chi connectivity index (χ2n) is 5.88. The van der Waals surface area contributed by atoms with Gasteiger partial charge in [0.25, 0.3) is 0 Å². The summed E-state index contributed by atoms with van der Waals surface area (Å²) in [5.74, 6) is 1.61. The molecule has 1 fully saturated rings. The number of halogens is 1. The zero-order valence-electron chi connectivity index (χ0n) is 12.7. The van der Waals surface area contributed by atoms with Crippen molar-refractivity contribution in [3.8, 4) is 0 Å². The molecular weight excluding hydrogens is 332 g/mol. The largest absolute Gasteiger partial charge is 0.396 e. The first-order valence-electron chi connectivity index (χ1n) is 7.80. The summed E-state index contributed by atoms with van der Waals surface area (Å²) in [4.78, 5) is 8.56. The van der Waals surface area contributed by atoms with Crippen LogP contribution in [-0.2, 0) is 0 Å². The Labute approximate surface area is 135 Å². The molecule has 6 heteroatoms. The Morgan fingerprint density at radius 3 is 2.48 bits per heavy atom. The molecule has 1 aromatic rings. The standard InChI is InChI=1S/C15H25BrN4O/c1-2-8-17-13-12(16)14(20-11-19-13)18-9-15(10-21)6-4-3-5-7-15/h11,21H,2-10H2,1H3,(H2,17,18,19,20). The lowest BCUT2D eigenvalue weighted by molar-refractivity contribution is 0.0943. The molecule has 0 aliphatic heterocycles. The van der Waals surface area contributed by atoms with E-state index in [1.165, 1.54) is 19.3 Å². The molecular formula is C15H25BrN4O. The molecule has 3 N–H and O–H groups in total. The van der Waals surface area contributed by atoms with Crippen molar-refractivity contribution in [1.29, 1.82) is 0 Å². The molecule has 0 saturated heterocycles. The van der Waals surface area contributed by atoms with Crippen LogP contribution in [0.1, 0.15) is 45.4 Å². The van der Waals surface area contributed by atoms with Crippen LogP contribution in [-0.4, -0.2) is 34.8 Å². The summed E-state index contributed by atoms with van der Waals surface area (Å²) in [6, 6.07) is 0. The Balaban J connectivity index is 2.02. The quantitative estimate of drug-likeness (QED) is 0.698. The molecule has 0 radical (unpaired) electrons. The predicted molar refractivity (Wildman–Crippen MR) is 89.6 cm³/mol. The second kappa shape index (κ2) is 7.94. The lowest BCUT2D eigenvalue weighted by atomic mass is 9.74. The lowest BCUT2D eigenvalue weighted by Gasteiger charge is -2.35. The maximum atomic E-state index is 9.76. The normalized spacial score (nSPS) is 17.5. The molecule has 0 unspecified atom stereocenters. The van der Waals surface area contributed by atoms with Gasteiger partial charge in [-0.1, -0.05) is 26.2 Å². The Hall–Kier alpha value is -0.880. The summed E-state index contributed by atoms with van der Waals surface area (Å²) >= 11 is 3.56. The van der Waals surface area contributed by atoms with Crippen LogP contribution in [0.2, 0.25) is 0 Å². The van der Waals surface area contributed by atoms with E-state index in [0.717, 1.165) is 48.5 Å². The minimum Gasteiger partial charge on any atom is -0.396 e. The molecule has 1 aromatic heterocycles. The summed E-state index contributed by atoms with van der Waals surface area (Å²) < 4.78 is 0.863. The Bertz CT molecular complexity index is 449. The van der Waals surface area contributed by atoms with Gasteiger partial charge in [-0.3, -0.25) is 0 Å². The molecule has 21 heavy (non-hydrogen) atoms. The monoisotopic (exact) mass is 356 g/mol. The highest BCUT2D eigenvalue weighted by Gasteiger charge is 2.31. The SMILES string of the molecule is CCCNc1ncnc(NCC2(CO)CCCCC2)c1Br. The van der Waals surface area contributed by atoms with Gasteiger partial charge in [-0.2, -0.15) is 0 Å². The Kier molecular flexibility index (Phi) is 6.23. The van der Waals surface area contributed by atoms with Crippen LogP contribution in [0.3, 0.4) is 0 Å². The first-order valence-corrected chi connectivity index (χ1v) is 8.59. The van der Waals surface area contributed by atoms with Crippen LogP contribution < -0.4 is 10.6 Å². The maximum absolute atomic E-state index is 9.76. The highest BCUT2D eigenvalue weighted by atomic mass is 79.9. The average Bonchev–Trinajstić information content (AvgIpc) is 2.53. The molecule has 1 heterocycles. The molecule has 1 saturated carbocycles. The molecule has 0 bridgehead atoms. The molecule has 118 valence electrons. The third-order valence-corrected chi connectivity index (χ3v) is 4.96. The van der Waals surface area contributed by atoms with Gasteiger partial charge in [-0.05, 0) is 35.2 Å². The van der Waals surface area contributed by atoms with E-state index in [-0.39, 0.29) is 12.0 Å². The zero-order valence-corrected chi connectivity index (χ0v) is 14.2. The van der Waals surface area contributed by atoms with Crippen LogP contribution in [0.25, 0.3) is 0 Å². The number of hydrogen-bond donors (Lipinski definition) is 3. The van der Waals surface area contributed by atoms with E-state index in [9.17, 15) is 5.11 Å². The van der Waals surface area contributed by atoms with Crippen molar-refractivity contribution in [2.24, 2.45) is 5.41 Å². The molecule has 0 aromatic carbocycles. The van der Waals surface area contributed by atoms with Crippen molar-refractivity contribution in [3.05, 3.63) is 10.8 Å². The fourth-order valence-electron chi connectivity index (χ4n) is 2.82. The van der Waals surface area contributed by atoms with Gasteiger partial charge < -0.3 is 15.7 Å². The lowest BCUT2D eigenvalue weighted by Crippen LogP contribution is -2.35. The van der Waals surface area contributed by atoms with Gasteiger partial charge in [-0.25, -0.2) is 9.97 Å². The maximum Gasteiger partial charge on any atom is 0.145 e. The fraction of sp³-hybridized carbons (Fsp3) is 0.733. The highest BCUT2D eigenvalue weighted by molar-refractivity contribution is 9.10. The number of nitrogens with zero attached hydrogens (tertiary/aromatic N) is 2. The van der Waals surface area contributed by atoms with Crippen molar-refractivity contribution in [1.82, 2.24) is 9.97 Å².